The topological polar surface area (TPSA) is 81.4 Å². The summed E-state index contributed by atoms with van der Waals surface area (Å²) in [7, 11) is 0. The number of urea groups is 1. The molecule has 2 rings (SSSR count). The first-order valence-electron chi connectivity index (χ1n) is 6.53. The first kappa shape index (κ1) is 14.7. The number of hydrogen-bond donors (Lipinski definition) is 2. The highest BCUT2D eigenvalue weighted by molar-refractivity contribution is 6.30. The van der Waals surface area contributed by atoms with Crippen LogP contribution >= 0.6 is 11.6 Å². The predicted molar refractivity (Wildman–Crippen MR) is 75.5 cm³/mol. The van der Waals surface area contributed by atoms with E-state index in [0.717, 1.165) is 12.0 Å². The molecule has 0 saturated heterocycles. The number of benzene rings is 1. The summed E-state index contributed by atoms with van der Waals surface area (Å²) in [6.07, 6.45) is 1.38. The average molecular weight is 297 g/mol. The molecule has 108 valence electrons. The molecule has 2 amide bonds. The highest BCUT2D eigenvalue weighted by Crippen LogP contribution is 2.48. The summed E-state index contributed by atoms with van der Waals surface area (Å²) in [6.45, 7) is 0.705. The van der Waals surface area contributed by atoms with Gasteiger partial charge in [-0.15, -0.1) is 0 Å². The van der Waals surface area contributed by atoms with Crippen LogP contribution in [0.4, 0.5) is 4.79 Å². The number of halogens is 1. The summed E-state index contributed by atoms with van der Waals surface area (Å²) < 4.78 is 5.17. The molecule has 2 atom stereocenters. The van der Waals surface area contributed by atoms with E-state index in [2.05, 4.69) is 5.32 Å². The van der Waals surface area contributed by atoms with E-state index < -0.39 is 6.03 Å². The Morgan fingerprint density at radius 2 is 2.05 bits per heavy atom. The van der Waals surface area contributed by atoms with E-state index in [9.17, 15) is 9.59 Å². The van der Waals surface area contributed by atoms with Crippen LogP contribution in [-0.2, 0) is 9.53 Å². The van der Waals surface area contributed by atoms with Crippen LogP contribution in [0, 0.1) is 5.92 Å². The molecule has 1 fully saturated rings. The van der Waals surface area contributed by atoms with Crippen molar-refractivity contribution in [3.05, 3.63) is 34.9 Å². The van der Waals surface area contributed by atoms with E-state index in [4.69, 9.17) is 22.1 Å². The second-order valence-corrected chi connectivity index (χ2v) is 5.25. The van der Waals surface area contributed by atoms with Crippen LogP contribution < -0.4 is 11.1 Å². The second-order valence-electron chi connectivity index (χ2n) is 4.81. The number of ether oxygens (including phenoxy) is 1. The maximum atomic E-state index is 11.8. The number of primary amides is 1. The molecule has 0 heterocycles. The lowest BCUT2D eigenvalue weighted by atomic mass is 10.1. The molecule has 1 aromatic rings. The highest BCUT2D eigenvalue weighted by Gasteiger charge is 2.45. The van der Waals surface area contributed by atoms with E-state index in [0.29, 0.717) is 24.6 Å². The van der Waals surface area contributed by atoms with Crippen molar-refractivity contribution in [2.45, 2.75) is 18.8 Å². The molecule has 0 unspecified atom stereocenters. The number of amides is 2. The monoisotopic (exact) mass is 296 g/mol. The summed E-state index contributed by atoms with van der Waals surface area (Å²) in [4.78, 5) is 22.2. The minimum Gasteiger partial charge on any atom is -0.465 e. The standard InChI is InChI=1S/C14H17ClN2O3/c15-10-4-2-9(3-5-10)11-8-12(11)13(18)20-7-1-6-17-14(16)19/h2-5,11-12H,1,6-8H2,(H3,16,17,19)/t11-,12+/m1/s1. The van der Waals surface area contributed by atoms with Crippen LogP contribution in [-0.4, -0.2) is 25.2 Å². The van der Waals surface area contributed by atoms with Gasteiger partial charge in [0.2, 0.25) is 0 Å². The number of nitrogens with one attached hydrogen (secondary N) is 1. The lowest BCUT2D eigenvalue weighted by Gasteiger charge is -2.05. The van der Waals surface area contributed by atoms with Gasteiger partial charge in [-0.3, -0.25) is 4.79 Å². The molecule has 6 heteroatoms. The van der Waals surface area contributed by atoms with Gasteiger partial charge in [0.1, 0.15) is 0 Å². The molecule has 1 saturated carbocycles. The summed E-state index contributed by atoms with van der Waals surface area (Å²) in [5.74, 6) is 0.00723. The van der Waals surface area contributed by atoms with Crippen molar-refractivity contribution in [2.75, 3.05) is 13.2 Å². The summed E-state index contributed by atoms with van der Waals surface area (Å²) in [5.41, 5.74) is 6.04. The van der Waals surface area contributed by atoms with Crippen molar-refractivity contribution in [3.8, 4) is 0 Å². The molecule has 0 aromatic heterocycles. The zero-order valence-corrected chi connectivity index (χ0v) is 11.7. The van der Waals surface area contributed by atoms with Gasteiger partial charge in [0.25, 0.3) is 0 Å². The van der Waals surface area contributed by atoms with Crippen LogP contribution in [0.3, 0.4) is 0 Å². The molecule has 0 aliphatic heterocycles. The van der Waals surface area contributed by atoms with Gasteiger partial charge in [0, 0.05) is 11.6 Å². The zero-order chi connectivity index (χ0) is 14.5. The minimum atomic E-state index is -0.568. The van der Waals surface area contributed by atoms with Gasteiger partial charge in [0.15, 0.2) is 0 Å². The third-order valence-corrected chi connectivity index (χ3v) is 3.51. The SMILES string of the molecule is NC(=O)NCCCOC(=O)[C@H]1C[C@@H]1c1ccc(Cl)cc1. The van der Waals surface area contributed by atoms with Crippen molar-refractivity contribution in [1.29, 1.82) is 0 Å². The number of carbonyl (C=O) groups is 2. The molecule has 20 heavy (non-hydrogen) atoms. The van der Waals surface area contributed by atoms with Crippen molar-refractivity contribution in [2.24, 2.45) is 11.7 Å². The molecular weight excluding hydrogens is 280 g/mol. The number of nitrogens with two attached hydrogens (primary N) is 1. The molecule has 3 N–H and O–H groups in total. The van der Waals surface area contributed by atoms with E-state index in [1.165, 1.54) is 0 Å². The maximum absolute atomic E-state index is 11.8. The number of esters is 1. The first-order chi connectivity index (χ1) is 9.58. The molecule has 0 radical (unpaired) electrons. The average Bonchev–Trinajstić information content (AvgIpc) is 3.19. The van der Waals surface area contributed by atoms with E-state index >= 15 is 0 Å². The fourth-order valence-electron chi connectivity index (χ4n) is 2.10. The van der Waals surface area contributed by atoms with Gasteiger partial charge in [-0.2, -0.15) is 0 Å². The molecule has 1 aliphatic carbocycles. The molecule has 0 bridgehead atoms. The summed E-state index contributed by atoms with van der Waals surface area (Å²) >= 11 is 5.83. The van der Waals surface area contributed by atoms with Crippen LogP contribution in [0.1, 0.15) is 24.3 Å². The first-order valence-corrected chi connectivity index (χ1v) is 6.91. The Morgan fingerprint density at radius 1 is 1.35 bits per heavy atom. The Labute approximate surface area is 122 Å². The number of carbonyl (C=O) groups excluding carboxylic acids is 2. The van der Waals surface area contributed by atoms with Crippen LogP contribution in [0.15, 0.2) is 24.3 Å². The lowest BCUT2D eigenvalue weighted by Crippen LogP contribution is -2.30. The molecule has 0 spiro atoms. The Kier molecular flexibility index (Phi) is 4.84. The molecule has 5 nitrogen and oxygen atoms in total. The Hall–Kier alpha value is -1.75. The number of rotatable bonds is 6. The zero-order valence-electron chi connectivity index (χ0n) is 11.0. The van der Waals surface area contributed by atoms with Gasteiger partial charge in [-0.25, -0.2) is 4.79 Å². The molecular formula is C14H17ClN2O3. The van der Waals surface area contributed by atoms with Gasteiger partial charge in [0.05, 0.1) is 12.5 Å². The van der Waals surface area contributed by atoms with E-state index in [-0.39, 0.29) is 17.8 Å². The smallest absolute Gasteiger partial charge is 0.312 e. The van der Waals surface area contributed by atoms with Gasteiger partial charge in [-0.1, -0.05) is 23.7 Å². The maximum Gasteiger partial charge on any atom is 0.312 e. The third kappa shape index (κ3) is 4.13. The van der Waals surface area contributed by atoms with E-state index in [1.807, 2.05) is 24.3 Å². The summed E-state index contributed by atoms with van der Waals surface area (Å²) in [6, 6.07) is 6.97. The lowest BCUT2D eigenvalue weighted by molar-refractivity contribution is -0.145. The van der Waals surface area contributed by atoms with Gasteiger partial charge >= 0.3 is 12.0 Å². The Bertz CT molecular complexity index is 490. The van der Waals surface area contributed by atoms with Gasteiger partial charge in [-0.05, 0) is 36.5 Å². The Balaban J connectivity index is 1.68. The van der Waals surface area contributed by atoms with Crippen LogP contribution in [0.5, 0.6) is 0 Å². The quantitative estimate of drug-likeness (QED) is 0.622. The van der Waals surface area contributed by atoms with E-state index in [1.54, 1.807) is 0 Å². The highest BCUT2D eigenvalue weighted by atomic mass is 35.5. The third-order valence-electron chi connectivity index (χ3n) is 3.26. The van der Waals surface area contributed by atoms with Crippen molar-refractivity contribution in [1.82, 2.24) is 5.32 Å². The van der Waals surface area contributed by atoms with Crippen molar-refractivity contribution >= 4 is 23.6 Å². The fraction of sp³-hybridized carbons (Fsp3) is 0.429. The van der Waals surface area contributed by atoms with Crippen molar-refractivity contribution in [3.63, 3.8) is 0 Å². The summed E-state index contributed by atoms with van der Waals surface area (Å²) in [5, 5.41) is 3.13. The number of hydrogen-bond acceptors (Lipinski definition) is 3. The van der Waals surface area contributed by atoms with Gasteiger partial charge < -0.3 is 15.8 Å². The minimum absolute atomic E-state index is 0.0553. The normalized spacial score (nSPS) is 20.2. The van der Waals surface area contributed by atoms with Crippen LogP contribution in [0.2, 0.25) is 5.02 Å². The molecule has 1 aliphatic rings. The predicted octanol–water partition coefficient (Wildman–Crippen LogP) is 2.05. The second kappa shape index (κ2) is 6.61. The molecule has 1 aromatic carbocycles. The van der Waals surface area contributed by atoms with Crippen molar-refractivity contribution < 1.29 is 14.3 Å². The van der Waals surface area contributed by atoms with Crippen LogP contribution in [0.25, 0.3) is 0 Å². The largest absolute Gasteiger partial charge is 0.465 e. The Morgan fingerprint density at radius 3 is 2.70 bits per heavy atom. The fourth-order valence-corrected chi connectivity index (χ4v) is 2.22.